The van der Waals surface area contributed by atoms with Crippen LogP contribution in [0, 0.1) is 0 Å². The van der Waals surface area contributed by atoms with Crippen LogP contribution in [0.15, 0.2) is 42.6 Å². The van der Waals surface area contributed by atoms with Crippen molar-refractivity contribution in [1.82, 2.24) is 4.40 Å². The van der Waals surface area contributed by atoms with E-state index in [4.69, 9.17) is 23.2 Å². The number of carbonyl (C=O) groups is 1. The van der Waals surface area contributed by atoms with Gasteiger partial charge in [0.1, 0.15) is 0 Å². The first-order chi connectivity index (χ1) is 10.1. The predicted octanol–water partition coefficient (Wildman–Crippen LogP) is 5.29. The number of hydrogen-bond donors (Lipinski definition) is 0. The molecule has 21 heavy (non-hydrogen) atoms. The summed E-state index contributed by atoms with van der Waals surface area (Å²) in [4.78, 5) is 11.5. The molecule has 0 N–H and O–H groups in total. The van der Waals surface area contributed by atoms with Gasteiger partial charge in [0, 0.05) is 17.3 Å². The second-order valence-electron chi connectivity index (χ2n) is 4.88. The molecule has 0 saturated carbocycles. The van der Waals surface area contributed by atoms with Gasteiger partial charge in [0.05, 0.1) is 15.7 Å². The molecule has 0 radical (unpaired) electrons. The van der Waals surface area contributed by atoms with E-state index in [2.05, 4.69) is 13.0 Å². The lowest BCUT2D eigenvalue weighted by Gasteiger charge is -2.04. The van der Waals surface area contributed by atoms with Crippen LogP contribution in [-0.2, 0) is 6.42 Å². The Hall–Kier alpha value is -1.77. The quantitative estimate of drug-likeness (QED) is 0.601. The summed E-state index contributed by atoms with van der Waals surface area (Å²) in [5.74, 6) is 0. The molecule has 0 aliphatic rings. The number of aryl methyl sites for hydroxylation is 1. The number of aromatic nitrogens is 1. The maximum atomic E-state index is 11.5. The van der Waals surface area contributed by atoms with Gasteiger partial charge in [-0.25, -0.2) is 0 Å². The number of carbonyl (C=O) groups excluding carboxylic acids is 1. The summed E-state index contributed by atoms with van der Waals surface area (Å²) in [6.45, 7) is 2.09. The third-order valence-electron chi connectivity index (χ3n) is 3.62. The SMILES string of the molecule is CCc1ccc2cc(-c3ccc(Cl)c(Cl)c3)c(C=O)n2c1. The monoisotopic (exact) mass is 317 g/mol. The number of fused-ring (bicyclic) bond motifs is 1. The minimum absolute atomic E-state index is 0.482. The van der Waals surface area contributed by atoms with Gasteiger partial charge in [-0.15, -0.1) is 0 Å². The van der Waals surface area contributed by atoms with Crippen molar-refractivity contribution in [2.24, 2.45) is 0 Å². The van der Waals surface area contributed by atoms with Crippen molar-refractivity contribution in [1.29, 1.82) is 0 Å². The molecular weight excluding hydrogens is 305 g/mol. The highest BCUT2D eigenvalue weighted by molar-refractivity contribution is 6.42. The van der Waals surface area contributed by atoms with E-state index in [1.165, 1.54) is 5.56 Å². The van der Waals surface area contributed by atoms with E-state index in [9.17, 15) is 4.79 Å². The number of hydrogen-bond acceptors (Lipinski definition) is 1. The van der Waals surface area contributed by atoms with E-state index in [0.717, 1.165) is 29.4 Å². The maximum absolute atomic E-state index is 11.5. The second-order valence-corrected chi connectivity index (χ2v) is 5.69. The molecule has 1 aromatic carbocycles. The van der Waals surface area contributed by atoms with Gasteiger partial charge in [0.2, 0.25) is 0 Å². The molecule has 2 nitrogen and oxygen atoms in total. The van der Waals surface area contributed by atoms with Crippen molar-refractivity contribution in [2.75, 3.05) is 0 Å². The largest absolute Gasteiger partial charge is 0.313 e. The Morgan fingerprint density at radius 2 is 1.90 bits per heavy atom. The molecule has 3 aromatic rings. The molecule has 0 aliphatic carbocycles. The van der Waals surface area contributed by atoms with Crippen LogP contribution in [0.4, 0.5) is 0 Å². The predicted molar refractivity (Wildman–Crippen MR) is 87.6 cm³/mol. The molecule has 2 heterocycles. The van der Waals surface area contributed by atoms with Gasteiger partial charge in [-0.05, 0) is 41.8 Å². The Kier molecular flexibility index (Phi) is 3.75. The molecule has 0 fully saturated rings. The van der Waals surface area contributed by atoms with E-state index < -0.39 is 0 Å². The molecular formula is C17H13Cl2NO. The van der Waals surface area contributed by atoms with Crippen LogP contribution in [0.2, 0.25) is 10.0 Å². The van der Waals surface area contributed by atoms with Crippen molar-refractivity contribution >= 4 is 35.0 Å². The number of halogens is 2. The average molecular weight is 318 g/mol. The number of rotatable bonds is 3. The zero-order valence-electron chi connectivity index (χ0n) is 11.4. The van der Waals surface area contributed by atoms with Crippen LogP contribution in [0.5, 0.6) is 0 Å². The minimum atomic E-state index is 0.482. The highest BCUT2D eigenvalue weighted by Crippen LogP contribution is 2.32. The Morgan fingerprint density at radius 3 is 2.57 bits per heavy atom. The zero-order valence-corrected chi connectivity index (χ0v) is 12.9. The highest BCUT2D eigenvalue weighted by Gasteiger charge is 2.12. The first kappa shape index (κ1) is 14.2. The first-order valence-electron chi connectivity index (χ1n) is 6.68. The second kappa shape index (κ2) is 5.55. The Bertz CT molecular complexity index is 836. The third-order valence-corrected chi connectivity index (χ3v) is 4.36. The van der Waals surface area contributed by atoms with Crippen LogP contribution < -0.4 is 0 Å². The molecule has 0 atom stereocenters. The molecule has 2 aromatic heterocycles. The number of nitrogens with zero attached hydrogens (tertiary/aromatic N) is 1. The topological polar surface area (TPSA) is 21.5 Å². The van der Waals surface area contributed by atoms with Gasteiger partial charge in [-0.2, -0.15) is 0 Å². The summed E-state index contributed by atoms with van der Waals surface area (Å²) in [5, 5.41) is 0.987. The molecule has 0 spiro atoms. The van der Waals surface area contributed by atoms with E-state index >= 15 is 0 Å². The molecule has 0 unspecified atom stereocenters. The summed E-state index contributed by atoms with van der Waals surface area (Å²) in [6, 6.07) is 11.5. The Morgan fingerprint density at radius 1 is 1.10 bits per heavy atom. The smallest absolute Gasteiger partial charge is 0.167 e. The van der Waals surface area contributed by atoms with E-state index in [0.29, 0.717) is 15.7 Å². The van der Waals surface area contributed by atoms with Crippen LogP contribution >= 0.6 is 23.2 Å². The van der Waals surface area contributed by atoms with E-state index in [1.54, 1.807) is 12.1 Å². The van der Waals surface area contributed by atoms with Gasteiger partial charge in [-0.3, -0.25) is 4.79 Å². The van der Waals surface area contributed by atoms with Gasteiger partial charge in [-0.1, -0.05) is 42.3 Å². The van der Waals surface area contributed by atoms with Crippen molar-refractivity contribution in [3.63, 3.8) is 0 Å². The average Bonchev–Trinajstić information content (AvgIpc) is 2.87. The number of aldehydes is 1. The third kappa shape index (κ3) is 2.45. The molecule has 0 aliphatic heterocycles. The van der Waals surface area contributed by atoms with Crippen LogP contribution in [0.3, 0.4) is 0 Å². The van der Waals surface area contributed by atoms with Crippen molar-refractivity contribution in [3.05, 3.63) is 63.9 Å². The van der Waals surface area contributed by atoms with E-state index in [-0.39, 0.29) is 0 Å². The summed E-state index contributed by atoms with van der Waals surface area (Å²) in [5.41, 5.74) is 4.53. The van der Waals surface area contributed by atoms with Gasteiger partial charge < -0.3 is 4.40 Å². The lowest BCUT2D eigenvalue weighted by Crippen LogP contribution is -1.94. The molecule has 0 saturated heterocycles. The van der Waals surface area contributed by atoms with Crippen molar-refractivity contribution < 1.29 is 4.79 Å². The fourth-order valence-electron chi connectivity index (χ4n) is 2.46. The molecule has 0 bridgehead atoms. The standard InChI is InChI=1S/C17H13Cl2NO/c1-2-11-3-5-13-8-14(17(10-21)20(13)9-11)12-4-6-15(18)16(19)7-12/h3-10H,2H2,1H3. The van der Waals surface area contributed by atoms with Crippen molar-refractivity contribution in [3.8, 4) is 11.1 Å². The Labute approximate surface area is 132 Å². The van der Waals surface area contributed by atoms with Gasteiger partial charge in [0.15, 0.2) is 6.29 Å². The van der Waals surface area contributed by atoms with E-state index in [1.807, 2.05) is 28.8 Å². The lowest BCUT2D eigenvalue weighted by atomic mass is 10.1. The van der Waals surface area contributed by atoms with Gasteiger partial charge >= 0.3 is 0 Å². The maximum Gasteiger partial charge on any atom is 0.167 e. The minimum Gasteiger partial charge on any atom is -0.313 e. The fraction of sp³-hybridized carbons (Fsp3) is 0.118. The molecule has 4 heteroatoms. The summed E-state index contributed by atoms with van der Waals surface area (Å²) < 4.78 is 1.92. The highest BCUT2D eigenvalue weighted by atomic mass is 35.5. The first-order valence-corrected chi connectivity index (χ1v) is 7.44. The number of pyridine rings is 1. The van der Waals surface area contributed by atoms with Crippen LogP contribution in [-0.4, -0.2) is 10.7 Å². The fourth-order valence-corrected chi connectivity index (χ4v) is 2.76. The summed E-state index contributed by atoms with van der Waals surface area (Å²) in [6.07, 6.45) is 3.80. The van der Waals surface area contributed by atoms with Crippen molar-refractivity contribution in [2.45, 2.75) is 13.3 Å². The van der Waals surface area contributed by atoms with Gasteiger partial charge in [0.25, 0.3) is 0 Å². The summed E-state index contributed by atoms with van der Waals surface area (Å²) >= 11 is 12.0. The summed E-state index contributed by atoms with van der Waals surface area (Å²) in [7, 11) is 0. The van der Waals surface area contributed by atoms with Crippen LogP contribution in [0.25, 0.3) is 16.6 Å². The lowest BCUT2D eigenvalue weighted by molar-refractivity contribution is 0.111. The zero-order chi connectivity index (χ0) is 15.0. The molecule has 3 rings (SSSR count). The Balaban J connectivity index is 2.26. The number of benzene rings is 1. The molecule has 106 valence electrons. The normalized spacial score (nSPS) is 11.0. The molecule has 0 amide bonds. The van der Waals surface area contributed by atoms with Crippen LogP contribution in [0.1, 0.15) is 23.0 Å².